The largest absolute Gasteiger partial charge is 0.388 e. The summed E-state index contributed by atoms with van der Waals surface area (Å²) >= 11 is 5.42. The van der Waals surface area contributed by atoms with Crippen LogP contribution in [0.2, 0.25) is 5.02 Å². The summed E-state index contributed by atoms with van der Waals surface area (Å²) < 4.78 is 26.6. The number of halogens is 3. The van der Waals surface area contributed by atoms with Gasteiger partial charge in [0, 0.05) is 24.4 Å². The van der Waals surface area contributed by atoms with E-state index in [0.29, 0.717) is 5.82 Å². The van der Waals surface area contributed by atoms with Gasteiger partial charge in [0.2, 0.25) is 0 Å². The number of nitrogens with one attached hydrogen (secondary N) is 1. The van der Waals surface area contributed by atoms with E-state index in [4.69, 9.17) is 11.6 Å². The molecule has 1 aromatic carbocycles. The van der Waals surface area contributed by atoms with Gasteiger partial charge in [0.15, 0.2) is 0 Å². The molecular weight excluding hydrogens is 250 g/mol. The predicted molar refractivity (Wildman–Crippen MR) is 58.6 cm³/mol. The molecule has 0 spiro atoms. The van der Waals surface area contributed by atoms with Crippen molar-refractivity contribution < 1.29 is 13.9 Å². The molecule has 1 heterocycles. The van der Waals surface area contributed by atoms with Gasteiger partial charge in [-0.25, -0.2) is 13.8 Å². The monoisotopic (exact) mass is 258 g/mol. The van der Waals surface area contributed by atoms with Crippen LogP contribution < -0.4 is 0 Å². The first kappa shape index (κ1) is 12.0. The van der Waals surface area contributed by atoms with E-state index < -0.39 is 17.7 Å². The molecule has 1 atom stereocenters. The molecule has 0 bridgehead atoms. The average Bonchev–Trinajstić information content (AvgIpc) is 2.76. The van der Waals surface area contributed by atoms with Crippen LogP contribution in [0.15, 0.2) is 24.5 Å². The second kappa shape index (κ2) is 4.81. The summed E-state index contributed by atoms with van der Waals surface area (Å²) in [6, 6.07) is 1.74. The van der Waals surface area contributed by atoms with Gasteiger partial charge in [-0.1, -0.05) is 11.6 Å². The second-order valence-corrected chi connectivity index (χ2v) is 3.95. The quantitative estimate of drug-likeness (QED) is 0.832. The maximum atomic E-state index is 13.5. The number of nitrogens with zero attached hydrogens (tertiary/aromatic N) is 1. The predicted octanol–water partition coefficient (Wildman–Crippen LogP) is 2.62. The first-order valence-corrected chi connectivity index (χ1v) is 5.26. The number of aromatic amines is 1. The van der Waals surface area contributed by atoms with Crippen molar-refractivity contribution in [3.63, 3.8) is 0 Å². The van der Waals surface area contributed by atoms with Crippen LogP contribution in [-0.4, -0.2) is 15.1 Å². The maximum Gasteiger partial charge on any atom is 0.142 e. The Balaban J connectivity index is 2.24. The summed E-state index contributed by atoms with van der Waals surface area (Å²) in [5, 5.41) is 9.47. The molecule has 3 nitrogen and oxygen atoms in total. The second-order valence-electron chi connectivity index (χ2n) is 3.54. The minimum atomic E-state index is -1.17. The molecule has 2 aromatic rings. The molecule has 0 saturated carbocycles. The van der Waals surface area contributed by atoms with Crippen molar-refractivity contribution in [2.24, 2.45) is 0 Å². The summed E-state index contributed by atoms with van der Waals surface area (Å²) in [4.78, 5) is 6.66. The van der Waals surface area contributed by atoms with Crippen LogP contribution in [0.1, 0.15) is 17.5 Å². The number of imidazole rings is 1. The van der Waals surface area contributed by atoms with Crippen molar-refractivity contribution in [2.45, 2.75) is 12.5 Å². The van der Waals surface area contributed by atoms with E-state index in [0.717, 1.165) is 12.1 Å². The molecule has 1 aromatic heterocycles. The van der Waals surface area contributed by atoms with Gasteiger partial charge in [0.25, 0.3) is 0 Å². The van der Waals surface area contributed by atoms with Gasteiger partial charge in [-0.05, 0) is 12.1 Å². The summed E-state index contributed by atoms with van der Waals surface area (Å²) in [6.45, 7) is 0. The molecule has 6 heteroatoms. The summed E-state index contributed by atoms with van der Waals surface area (Å²) in [7, 11) is 0. The number of aliphatic hydroxyl groups is 1. The number of aromatic nitrogens is 2. The summed E-state index contributed by atoms with van der Waals surface area (Å²) in [5.41, 5.74) is -0.136. The number of rotatable bonds is 3. The van der Waals surface area contributed by atoms with E-state index in [2.05, 4.69) is 9.97 Å². The highest BCUT2D eigenvalue weighted by Gasteiger charge is 2.17. The third-order valence-electron chi connectivity index (χ3n) is 2.34. The molecule has 0 aliphatic carbocycles. The maximum absolute atomic E-state index is 13.5. The van der Waals surface area contributed by atoms with Crippen LogP contribution in [-0.2, 0) is 6.42 Å². The van der Waals surface area contributed by atoms with Crippen molar-refractivity contribution >= 4 is 11.6 Å². The number of aliphatic hydroxyl groups excluding tert-OH is 1. The zero-order valence-corrected chi connectivity index (χ0v) is 9.38. The van der Waals surface area contributed by atoms with Crippen molar-refractivity contribution in [1.82, 2.24) is 9.97 Å². The van der Waals surface area contributed by atoms with Crippen molar-refractivity contribution in [2.75, 3.05) is 0 Å². The van der Waals surface area contributed by atoms with Crippen LogP contribution in [0, 0.1) is 11.6 Å². The molecule has 17 heavy (non-hydrogen) atoms. The van der Waals surface area contributed by atoms with Gasteiger partial charge in [0.05, 0.1) is 11.1 Å². The molecule has 90 valence electrons. The Hall–Kier alpha value is -1.46. The number of hydrogen-bond donors (Lipinski definition) is 2. The average molecular weight is 259 g/mol. The van der Waals surface area contributed by atoms with E-state index in [1.807, 2.05) is 0 Å². The SMILES string of the molecule is OC(Cc1ncc[nH]1)c1cc(F)c(Cl)cc1F. The van der Waals surface area contributed by atoms with Crippen molar-refractivity contribution in [3.05, 3.63) is 52.6 Å². The first-order valence-electron chi connectivity index (χ1n) is 4.88. The van der Waals surface area contributed by atoms with Gasteiger partial charge < -0.3 is 10.1 Å². The molecule has 0 aliphatic rings. The lowest BCUT2D eigenvalue weighted by Crippen LogP contribution is -2.06. The van der Waals surface area contributed by atoms with Gasteiger partial charge in [-0.2, -0.15) is 0 Å². The first-order chi connectivity index (χ1) is 8.08. The van der Waals surface area contributed by atoms with E-state index in [9.17, 15) is 13.9 Å². The van der Waals surface area contributed by atoms with E-state index in [1.165, 1.54) is 6.20 Å². The molecule has 2 rings (SSSR count). The molecular formula is C11H9ClF2N2O. The fraction of sp³-hybridized carbons (Fsp3) is 0.182. The standard InChI is InChI=1S/C11H9ClF2N2O/c12-7-4-8(13)6(3-9(7)14)10(17)5-11-15-1-2-16-11/h1-4,10,17H,5H2,(H,15,16). The zero-order chi connectivity index (χ0) is 12.4. The van der Waals surface area contributed by atoms with Crippen LogP contribution in [0.3, 0.4) is 0 Å². The normalized spacial score (nSPS) is 12.7. The molecule has 0 saturated heterocycles. The van der Waals surface area contributed by atoms with Crippen LogP contribution >= 0.6 is 11.6 Å². The lowest BCUT2D eigenvalue weighted by Gasteiger charge is -2.11. The van der Waals surface area contributed by atoms with Crippen LogP contribution in [0.4, 0.5) is 8.78 Å². The zero-order valence-electron chi connectivity index (χ0n) is 8.62. The third kappa shape index (κ3) is 2.62. The number of H-pyrrole nitrogens is 1. The van der Waals surface area contributed by atoms with E-state index in [1.54, 1.807) is 6.20 Å². The van der Waals surface area contributed by atoms with Crippen molar-refractivity contribution in [3.8, 4) is 0 Å². The Morgan fingerprint density at radius 3 is 2.76 bits per heavy atom. The Kier molecular flexibility index (Phi) is 3.40. The van der Waals surface area contributed by atoms with Gasteiger partial charge in [-0.15, -0.1) is 0 Å². The van der Waals surface area contributed by atoms with Gasteiger partial charge in [0.1, 0.15) is 17.5 Å². The third-order valence-corrected chi connectivity index (χ3v) is 2.63. The molecule has 0 fully saturated rings. The van der Waals surface area contributed by atoms with Crippen LogP contribution in [0.25, 0.3) is 0 Å². The number of hydrogen-bond acceptors (Lipinski definition) is 2. The Morgan fingerprint density at radius 2 is 2.12 bits per heavy atom. The smallest absolute Gasteiger partial charge is 0.142 e. The Bertz CT molecular complexity index is 516. The van der Waals surface area contributed by atoms with Gasteiger partial charge >= 0.3 is 0 Å². The highest BCUT2D eigenvalue weighted by atomic mass is 35.5. The molecule has 0 aliphatic heterocycles. The molecule has 0 amide bonds. The fourth-order valence-corrected chi connectivity index (χ4v) is 1.65. The van der Waals surface area contributed by atoms with Crippen molar-refractivity contribution in [1.29, 1.82) is 0 Å². The van der Waals surface area contributed by atoms with E-state index >= 15 is 0 Å². The summed E-state index contributed by atoms with van der Waals surface area (Å²) in [6.07, 6.45) is 2.00. The van der Waals surface area contributed by atoms with Gasteiger partial charge in [-0.3, -0.25) is 0 Å². The minimum absolute atomic E-state index is 0.0744. The minimum Gasteiger partial charge on any atom is -0.388 e. The molecule has 2 N–H and O–H groups in total. The Morgan fingerprint density at radius 1 is 1.35 bits per heavy atom. The Labute approximate surface area is 101 Å². The summed E-state index contributed by atoms with van der Waals surface area (Å²) in [5.74, 6) is -1.01. The fourth-order valence-electron chi connectivity index (χ4n) is 1.50. The topological polar surface area (TPSA) is 48.9 Å². The highest BCUT2D eigenvalue weighted by molar-refractivity contribution is 6.30. The lowest BCUT2D eigenvalue weighted by atomic mass is 10.1. The highest BCUT2D eigenvalue weighted by Crippen LogP contribution is 2.25. The molecule has 0 radical (unpaired) electrons. The lowest BCUT2D eigenvalue weighted by molar-refractivity contribution is 0.171. The van der Waals surface area contributed by atoms with Crippen LogP contribution in [0.5, 0.6) is 0 Å². The molecule has 1 unspecified atom stereocenters. The number of benzene rings is 1. The van der Waals surface area contributed by atoms with E-state index in [-0.39, 0.29) is 17.0 Å².